The second-order valence-corrected chi connectivity index (χ2v) is 8.42. The summed E-state index contributed by atoms with van der Waals surface area (Å²) in [5, 5.41) is 3.72. The van der Waals surface area contributed by atoms with Crippen molar-refractivity contribution in [1.29, 1.82) is 0 Å². The van der Waals surface area contributed by atoms with Gasteiger partial charge in [-0.25, -0.2) is 0 Å². The van der Waals surface area contributed by atoms with Crippen LogP contribution in [-0.4, -0.2) is 31.4 Å². The normalized spacial score (nSPS) is 13.6. The molecule has 0 aliphatic carbocycles. The molecule has 0 spiro atoms. The number of benzene rings is 2. The fourth-order valence-electron chi connectivity index (χ4n) is 3.01. The van der Waals surface area contributed by atoms with E-state index in [1.165, 1.54) is 11.1 Å². The lowest BCUT2D eigenvalue weighted by molar-refractivity contribution is 0.353. The van der Waals surface area contributed by atoms with Crippen LogP contribution >= 0.6 is 0 Å². The minimum atomic E-state index is 0.326. The first-order valence-electron chi connectivity index (χ1n) is 10.00. The summed E-state index contributed by atoms with van der Waals surface area (Å²) in [5.41, 5.74) is 9.98. The van der Waals surface area contributed by atoms with Gasteiger partial charge in [0.2, 0.25) is 0 Å². The van der Waals surface area contributed by atoms with E-state index in [0.717, 1.165) is 38.1 Å². The van der Waals surface area contributed by atoms with Gasteiger partial charge in [-0.05, 0) is 35.9 Å². The molecule has 1 atom stereocenters. The molecule has 0 fully saturated rings. The van der Waals surface area contributed by atoms with Gasteiger partial charge in [0.15, 0.2) is 0 Å². The van der Waals surface area contributed by atoms with Gasteiger partial charge >= 0.3 is 0 Å². The Labute approximate surface area is 165 Å². The predicted molar refractivity (Wildman–Crippen MR) is 118 cm³/mol. The summed E-state index contributed by atoms with van der Waals surface area (Å²) in [5.74, 6) is 0. The Morgan fingerprint density at radius 3 is 2.11 bits per heavy atom. The van der Waals surface area contributed by atoms with Gasteiger partial charge in [0, 0.05) is 24.7 Å². The van der Waals surface area contributed by atoms with E-state index in [-0.39, 0.29) is 0 Å². The lowest BCUT2D eigenvalue weighted by atomic mass is 9.92. The fraction of sp³-hybridized carbons (Fsp3) is 0.458. The summed E-state index contributed by atoms with van der Waals surface area (Å²) in [6.45, 7) is 9.13. The molecule has 0 radical (unpaired) electrons. The summed E-state index contributed by atoms with van der Waals surface area (Å²) in [7, 11) is 0. The van der Waals surface area contributed by atoms with Gasteiger partial charge in [0.1, 0.15) is 0 Å². The summed E-state index contributed by atoms with van der Waals surface area (Å²) in [6, 6.07) is 21.4. The quantitative estimate of drug-likeness (QED) is 0.618. The highest BCUT2D eigenvalue weighted by Gasteiger charge is 2.13. The van der Waals surface area contributed by atoms with E-state index < -0.39 is 0 Å². The van der Waals surface area contributed by atoms with Gasteiger partial charge in [-0.3, -0.25) is 4.99 Å². The van der Waals surface area contributed by atoms with Crippen molar-refractivity contribution in [1.82, 2.24) is 5.32 Å². The van der Waals surface area contributed by atoms with Crippen molar-refractivity contribution in [3.05, 3.63) is 71.8 Å². The highest BCUT2D eigenvalue weighted by Crippen LogP contribution is 2.17. The van der Waals surface area contributed by atoms with E-state index in [1.54, 1.807) is 0 Å². The Morgan fingerprint density at radius 2 is 1.56 bits per heavy atom. The lowest BCUT2D eigenvalue weighted by Gasteiger charge is -2.22. The van der Waals surface area contributed by atoms with Crippen LogP contribution in [0.3, 0.4) is 0 Å². The van der Waals surface area contributed by atoms with Crippen LogP contribution in [0.1, 0.15) is 38.3 Å². The molecule has 2 aromatic carbocycles. The number of aliphatic imine (C=N–C) groups is 1. The zero-order chi connectivity index (χ0) is 19.5. The van der Waals surface area contributed by atoms with Crippen LogP contribution < -0.4 is 11.1 Å². The summed E-state index contributed by atoms with van der Waals surface area (Å²) < 4.78 is 0. The molecule has 0 aromatic heterocycles. The molecule has 0 heterocycles. The number of nitrogens with zero attached hydrogens (tertiary/aromatic N) is 1. The molecule has 146 valence electrons. The summed E-state index contributed by atoms with van der Waals surface area (Å²) >= 11 is 0. The Hall–Kier alpha value is -1.97. The first-order chi connectivity index (χ1) is 13.0. The minimum absolute atomic E-state index is 0.326. The van der Waals surface area contributed by atoms with E-state index >= 15 is 0 Å². The first-order valence-corrected chi connectivity index (χ1v) is 10.00. The van der Waals surface area contributed by atoms with Crippen LogP contribution in [0.25, 0.3) is 0 Å². The highest BCUT2D eigenvalue weighted by molar-refractivity contribution is 5.88. The van der Waals surface area contributed by atoms with Crippen LogP contribution in [-0.2, 0) is 12.8 Å². The van der Waals surface area contributed by atoms with E-state index in [9.17, 15) is 0 Å². The molecule has 0 aliphatic heterocycles. The summed E-state index contributed by atoms with van der Waals surface area (Å²) in [4.78, 5) is 4.88. The SMILES string of the molecule is CC(C)(C)CCN[C@H](C/N=C(/CN)Cc1ccccc1)Cc1ccccc1. The maximum Gasteiger partial charge on any atom is 0.0546 e. The molecular formula is C24H35N3. The molecule has 0 aliphatic rings. The third-order valence-electron chi connectivity index (χ3n) is 4.65. The van der Waals surface area contributed by atoms with E-state index in [1.807, 2.05) is 6.07 Å². The molecule has 3 heteroatoms. The predicted octanol–water partition coefficient (Wildman–Crippen LogP) is 4.27. The molecule has 0 amide bonds. The number of nitrogens with two attached hydrogens (primary N) is 1. The van der Waals surface area contributed by atoms with Crippen molar-refractivity contribution in [2.45, 2.75) is 46.1 Å². The zero-order valence-corrected chi connectivity index (χ0v) is 17.1. The van der Waals surface area contributed by atoms with Crippen molar-refractivity contribution < 1.29 is 0 Å². The van der Waals surface area contributed by atoms with Crippen LogP contribution in [0, 0.1) is 5.41 Å². The Morgan fingerprint density at radius 1 is 0.963 bits per heavy atom. The first kappa shape index (κ1) is 21.3. The van der Waals surface area contributed by atoms with E-state index in [0.29, 0.717) is 18.0 Å². The van der Waals surface area contributed by atoms with E-state index in [4.69, 9.17) is 10.7 Å². The van der Waals surface area contributed by atoms with Crippen molar-refractivity contribution in [3.63, 3.8) is 0 Å². The van der Waals surface area contributed by atoms with Gasteiger partial charge in [0.25, 0.3) is 0 Å². The van der Waals surface area contributed by atoms with Crippen LogP contribution in [0.4, 0.5) is 0 Å². The molecule has 27 heavy (non-hydrogen) atoms. The smallest absolute Gasteiger partial charge is 0.0546 e. The van der Waals surface area contributed by atoms with Crippen LogP contribution in [0.15, 0.2) is 65.7 Å². The molecule has 0 saturated heterocycles. The monoisotopic (exact) mass is 365 g/mol. The van der Waals surface area contributed by atoms with Crippen molar-refractivity contribution in [3.8, 4) is 0 Å². The molecule has 0 saturated carbocycles. The number of hydrogen-bond donors (Lipinski definition) is 2. The Balaban J connectivity index is 1.99. The second kappa shape index (κ2) is 11.0. The Bertz CT molecular complexity index is 672. The van der Waals surface area contributed by atoms with Crippen molar-refractivity contribution in [2.24, 2.45) is 16.1 Å². The molecule has 2 aromatic rings. The van der Waals surface area contributed by atoms with Gasteiger partial charge in [-0.15, -0.1) is 0 Å². The standard InChI is InChI=1S/C24H35N3/c1-24(2,3)14-15-26-23(17-21-12-8-5-9-13-21)19-27-22(18-25)16-20-10-6-4-7-11-20/h4-13,23,26H,14-19,25H2,1-3H3/b27-22+/t23-/m0/s1. The van der Waals surface area contributed by atoms with E-state index in [2.05, 4.69) is 80.7 Å². The third-order valence-corrected chi connectivity index (χ3v) is 4.65. The molecule has 3 nitrogen and oxygen atoms in total. The minimum Gasteiger partial charge on any atom is -0.325 e. The topological polar surface area (TPSA) is 50.4 Å². The number of nitrogens with one attached hydrogen (secondary N) is 1. The van der Waals surface area contributed by atoms with Crippen molar-refractivity contribution >= 4 is 5.71 Å². The average molecular weight is 366 g/mol. The lowest BCUT2D eigenvalue weighted by Crippen LogP contribution is -2.36. The van der Waals surface area contributed by atoms with Crippen LogP contribution in [0.2, 0.25) is 0 Å². The fourth-order valence-corrected chi connectivity index (χ4v) is 3.01. The molecular weight excluding hydrogens is 330 g/mol. The molecule has 0 unspecified atom stereocenters. The highest BCUT2D eigenvalue weighted by atomic mass is 14.9. The molecule has 3 N–H and O–H groups in total. The zero-order valence-electron chi connectivity index (χ0n) is 17.1. The van der Waals surface area contributed by atoms with Gasteiger partial charge in [-0.2, -0.15) is 0 Å². The molecule has 0 bridgehead atoms. The number of hydrogen-bond acceptors (Lipinski definition) is 3. The Kier molecular flexibility index (Phi) is 8.70. The maximum atomic E-state index is 5.97. The maximum absolute atomic E-state index is 5.97. The average Bonchev–Trinajstić information content (AvgIpc) is 2.65. The molecule has 2 rings (SSSR count). The van der Waals surface area contributed by atoms with Gasteiger partial charge < -0.3 is 11.1 Å². The largest absolute Gasteiger partial charge is 0.325 e. The number of rotatable bonds is 10. The van der Waals surface area contributed by atoms with Crippen molar-refractivity contribution in [2.75, 3.05) is 19.6 Å². The van der Waals surface area contributed by atoms with Crippen LogP contribution in [0.5, 0.6) is 0 Å². The summed E-state index contributed by atoms with van der Waals surface area (Å²) in [6.07, 6.45) is 2.96. The third kappa shape index (κ3) is 8.98. The van der Waals surface area contributed by atoms with Gasteiger partial charge in [-0.1, -0.05) is 81.4 Å². The second-order valence-electron chi connectivity index (χ2n) is 8.42. The van der Waals surface area contributed by atoms with Gasteiger partial charge in [0.05, 0.1) is 6.54 Å².